The molecule has 1 fully saturated rings. The van der Waals surface area contributed by atoms with Crippen LogP contribution in [0, 0.1) is 11.3 Å². The van der Waals surface area contributed by atoms with Crippen molar-refractivity contribution in [1.82, 2.24) is 10.2 Å². The molecule has 0 aromatic heterocycles. The Morgan fingerprint density at radius 1 is 1.33 bits per heavy atom. The Labute approximate surface area is 149 Å². The first-order chi connectivity index (χ1) is 11.3. The molecular weight excluding hydrogens is 324 g/mol. The van der Waals surface area contributed by atoms with Gasteiger partial charge in [-0.1, -0.05) is 51.4 Å². The van der Waals surface area contributed by atoms with Crippen LogP contribution in [0.5, 0.6) is 0 Å². The van der Waals surface area contributed by atoms with E-state index in [2.05, 4.69) is 31.3 Å². The van der Waals surface area contributed by atoms with Crippen LogP contribution in [0.2, 0.25) is 5.02 Å². The molecule has 0 aliphatic carbocycles. The Morgan fingerprint density at radius 2 is 1.96 bits per heavy atom. The van der Waals surface area contributed by atoms with Gasteiger partial charge in [-0.25, -0.2) is 0 Å². The van der Waals surface area contributed by atoms with Crippen LogP contribution in [0.4, 0.5) is 0 Å². The topological polar surface area (TPSA) is 49.4 Å². The number of nitrogens with one attached hydrogen (secondary N) is 1. The van der Waals surface area contributed by atoms with Gasteiger partial charge in [-0.2, -0.15) is 0 Å². The number of rotatable bonds is 5. The van der Waals surface area contributed by atoms with E-state index in [1.54, 1.807) is 0 Å². The Bertz CT molecular complexity index is 584. The summed E-state index contributed by atoms with van der Waals surface area (Å²) in [5.74, 6) is 0.467. The molecule has 0 saturated carbocycles. The van der Waals surface area contributed by atoms with Crippen molar-refractivity contribution < 1.29 is 9.59 Å². The standard InChI is InChI=1S/C19H27ClN2O2/c1-13(2)17(21-12-23)18(24)22-10-9-16(19(3,4)11-22)14-5-7-15(20)8-6-14/h5-8,12-13,16-17H,9-11H2,1-4H3,(H,21,23). The van der Waals surface area contributed by atoms with Crippen molar-refractivity contribution in [2.45, 2.75) is 46.1 Å². The molecule has 1 saturated heterocycles. The first-order valence-corrected chi connectivity index (χ1v) is 8.88. The number of carbonyl (C=O) groups is 2. The predicted molar refractivity (Wildman–Crippen MR) is 97.0 cm³/mol. The largest absolute Gasteiger partial charge is 0.347 e. The molecule has 0 radical (unpaired) electrons. The van der Waals surface area contributed by atoms with Crippen molar-refractivity contribution in [2.24, 2.45) is 11.3 Å². The summed E-state index contributed by atoms with van der Waals surface area (Å²) in [7, 11) is 0. The molecule has 1 aliphatic rings. The molecule has 0 spiro atoms. The van der Waals surface area contributed by atoms with Crippen LogP contribution in [-0.2, 0) is 9.59 Å². The molecule has 0 bridgehead atoms. The van der Waals surface area contributed by atoms with Gasteiger partial charge in [-0.05, 0) is 41.4 Å². The molecular formula is C19H27ClN2O2. The van der Waals surface area contributed by atoms with Gasteiger partial charge in [-0.15, -0.1) is 0 Å². The van der Waals surface area contributed by atoms with Crippen molar-refractivity contribution in [3.8, 4) is 0 Å². The zero-order valence-electron chi connectivity index (χ0n) is 14.9. The Morgan fingerprint density at radius 3 is 2.46 bits per heavy atom. The minimum absolute atomic E-state index is 0.0136. The summed E-state index contributed by atoms with van der Waals surface area (Å²) in [6, 6.07) is 7.56. The molecule has 1 aliphatic heterocycles. The lowest BCUT2D eigenvalue weighted by molar-refractivity contribution is -0.139. The van der Waals surface area contributed by atoms with Gasteiger partial charge in [0.25, 0.3) is 0 Å². The number of benzene rings is 1. The van der Waals surface area contributed by atoms with E-state index in [-0.39, 0.29) is 17.2 Å². The van der Waals surface area contributed by atoms with Crippen LogP contribution >= 0.6 is 11.6 Å². The second kappa shape index (κ2) is 7.56. The van der Waals surface area contributed by atoms with E-state index < -0.39 is 6.04 Å². The summed E-state index contributed by atoms with van der Waals surface area (Å²) in [6.07, 6.45) is 1.53. The first-order valence-electron chi connectivity index (χ1n) is 8.50. The maximum Gasteiger partial charge on any atom is 0.245 e. The lowest BCUT2D eigenvalue weighted by Crippen LogP contribution is -2.54. The number of piperidine rings is 1. The second-order valence-electron chi connectivity index (χ2n) is 7.65. The fraction of sp³-hybridized carbons (Fsp3) is 0.579. The van der Waals surface area contributed by atoms with Crippen LogP contribution in [0.3, 0.4) is 0 Å². The van der Waals surface area contributed by atoms with Gasteiger partial charge in [0.15, 0.2) is 0 Å². The highest BCUT2D eigenvalue weighted by atomic mass is 35.5. The molecule has 4 nitrogen and oxygen atoms in total. The number of hydrogen-bond acceptors (Lipinski definition) is 2. The highest BCUT2D eigenvalue weighted by molar-refractivity contribution is 6.30. The summed E-state index contributed by atoms with van der Waals surface area (Å²) >= 11 is 5.99. The minimum atomic E-state index is -0.453. The summed E-state index contributed by atoms with van der Waals surface area (Å²) in [4.78, 5) is 25.5. The van der Waals surface area contributed by atoms with Crippen LogP contribution in [0.15, 0.2) is 24.3 Å². The molecule has 1 aromatic carbocycles. The molecule has 2 atom stereocenters. The highest BCUT2D eigenvalue weighted by Crippen LogP contribution is 2.42. The molecule has 24 heavy (non-hydrogen) atoms. The number of halogens is 1. The van der Waals surface area contributed by atoms with Gasteiger partial charge in [0.1, 0.15) is 6.04 Å². The number of nitrogens with zero attached hydrogens (tertiary/aromatic N) is 1. The third kappa shape index (κ3) is 4.10. The van der Waals surface area contributed by atoms with Crippen LogP contribution < -0.4 is 5.32 Å². The van der Waals surface area contributed by atoms with Crippen LogP contribution in [0.25, 0.3) is 0 Å². The fourth-order valence-electron chi connectivity index (χ4n) is 3.68. The third-order valence-electron chi connectivity index (χ3n) is 4.99. The highest BCUT2D eigenvalue weighted by Gasteiger charge is 2.40. The van der Waals surface area contributed by atoms with Gasteiger partial charge in [0.2, 0.25) is 12.3 Å². The SMILES string of the molecule is CC(C)C(NC=O)C(=O)N1CCC(c2ccc(Cl)cc2)C(C)(C)C1. The van der Waals surface area contributed by atoms with Gasteiger partial charge < -0.3 is 10.2 Å². The molecule has 2 amide bonds. The Kier molecular flexibility index (Phi) is 5.92. The van der Waals surface area contributed by atoms with E-state index in [1.807, 2.05) is 30.9 Å². The van der Waals surface area contributed by atoms with Gasteiger partial charge in [-0.3, -0.25) is 9.59 Å². The lowest BCUT2D eigenvalue weighted by atomic mass is 9.70. The van der Waals surface area contributed by atoms with Crippen molar-refractivity contribution >= 4 is 23.9 Å². The zero-order chi connectivity index (χ0) is 17.9. The molecule has 132 valence electrons. The van der Waals surface area contributed by atoms with Gasteiger partial charge in [0.05, 0.1) is 0 Å². The van der Waals surface area contributed by atoms with E-state index in [1.165, 1.54) is 5.56 Å². The van der Waals surface area contributed by atoms with Crippen LogP contribution in [0.1, 0.15) is 45.6 Å². The van der Waals surface area contributed by atoms with E-state index in [0.29, 0.717) is 25.4 Å². The van der Waals surface area contributed by atoms with Crippen LogP contribution in [-0.4, -0.2) is 36.3 Å². The van der Waals surface area contributed by atoms with E-state index in [4.69, 9.17) is 11.6 Å². The molecule has 1 heterocycles. The normalized spacial score (nSPS) is 21.4. The number of hydrogen-bond donors (Lipinski definition) is 1. The summed E-state index contributed by atoms with van der Waals surface area (Å²) in [5.41, 5.74) is 1.23. The monoisotopic (exact) mass is 350 g/mol. The number of amides is 2. The number of carbonyl (C=O) groups excluding carboxylic acids is 2. The molecule has 2 rings (SSSR count). The quantitative estimate of drug-likeness (QED) is 0.827. The Balaban J connectivity index is 2.13. The third-order valence-corrected chi connectivity index (χ3v) is 5.25. The molecule has 2 unspecified atom stereocenters. The molecule has 1 aromatic rings. The van der Waals surface area contributed by atoms with Gasteiger partial charge >= 0.3 is 0 Å². The van der Waals surface area contributed by atoms with Crippen molar-refractivity contribution in [3.63, 3.8) is 0 Å². The zero-order valence-corrected chi connectivity index (χ0v) is 15.6. The molecule has 1 N–H and O–H groups in total. The summed E-state index contributed by atoms with van der Waals surface area (Å²) in [6.45, 7) is 9.68. The average Bonchev–Trinajstić information content (AvgIpc) is 2.52. The summed E-state index contributed by atoms with van der Waals surface area (Å²) < 4.78 is 0. The second-order valence-corrected chi connectivity index (χ2v) is 8.08. The first kappa shape index (κ1) is 18.8. The lowest BCUT2D eigenvalue weighted by Gasteiger charge is -2.45. The minimum Gasteiger partial charge on any atom is -0.347 e. The summed E-state index contributed by atoms with van der Waals surface area (Å²) in [5, 5.41) is 3.41. The van der Waals surface area contributed by atoms with E-state index >= 15 is 0 Å². The van der Waals surface area contributed by atoms with Gasteiger partial charge in [0, 0.05) is 18.1 Å². The predicted octanol–water partition coefficient (Wildman–Crippen LogP) is 3.45. The number of likely N-dealkylation sites (tertiary alicyclic amines) is 1. The van der Waals surface area contributed by atoms with Crippen molar-refractivity contribution in [3.05, 3.63) is 34.9 Å². The maximum absolute atomic E-state index is 12.8. The Hall–Kier alpha value is -1.55. The van der Waals surface area contributed by atoms with E-state index in [9.17, 15) is 9.59 Å². The smallest absolute Gasteiger partial charge is 0.245 e. The molecule has 5 heteroatoms. The maximum atomic E-state index is 12.8. The van der Waals surface area contributed by atoms with Crippen molar-refractivity contribution in [1.29, 1.82) is 0 Å². The van der Waals surface area contributed by atoms with Crippen molar-refractivity contribution in [2.75, 3.05) is 13.1 Å². The van der Waals surface area contributed by atoms with E-state index in [0.717, 1.165) is 11.4 Å². The fourth-order valence-corrected chi connectivity index (χ4v) is 3.80. The average molecular weight is 351 g/mol.